The standard InChI is InChI=1S/C23H25BNO4S/c1-3-5-9-28-18-7-8-20(21(13-18)29-10-6-4-2)22-16(14-24)11-19(30-22)12-17(15-25)23(26)27/h7-8,11-14H,3-6,9-10H2,1-2H3,(H,26,27)/b17-12+. The minimum atomic E-state index is -1.26. The van der Waals surface area contributed by atoms with Gasteiger partial charge < -0.3 is 0 Å². The van der Waals surface area contributed by atoms with E-state index in [9.17, 15) is 4.79 Å². The number of carbonyl (C=O) groups is 1. The summed E-state index contributed by atoms with van der Waals surface area (Å²) in [5.74, 6) is 1.64. The number of hydrogen-bond donors (Lipinski definition) is 1. The Morgan fingerprint density at radius 2 is 1.90 bits per heavy atom. The molecule has 0 unspecified atom stereocenters. The zero-order chi connectivity index (χ0) is 21.9. The topological polar surface area (TPSA) is 79.6 Å². The Morgan fingerprint density at radius 1 is 1.20 bits per heavy atom. The van der Waals surface area contributed by atoms with Crippen molar-refractivity contribution in [3.05, 3.63) is 40.3 Å². The number of carboxylic acid groups (broad SMARTS) is 1. The van der Waals surface area contributed by atoms with Crippen LogP contribution >= 0.6 is 11.3 Å². The Morgan fingerprint density at radius 3 is 2.50 bits per heavy atom. The van der Waals surface area contributed by atoms with Crippen molar-refractivity contribution >= 4 is 36.8 Å². The van der Waals surface area contributed by atoms with Crippen LogP contribution in [0.15, 0.2) is 29.8 Å². The summed E-state index contributed by atoms with van der Waals surface area (Å²) in [6, 6.07) is 9.17. The van der Waals surface area contributed by atoms with Gasteiger partial charge in [0.15, 0.2) is 0 Å². The Hall–Kier alpha value is -2.85. The summed E-state index contributed by atoms with van der Waals surface area (Å²) in [7, 11) is 5.82. The van der Waals surface area contributed by atoms with Gasteiger partial charge in [-0.2, -0.15) is 0 Å². The van der Waals surface area contributed by atoms with E-state index in [0.717, 1.165) is 47.4 Å². The second-order valence-corrected chi connectivity index (χ2v) is 7.72. The minimum absolute atomic E-state index is 0.328. The molecule has 1 aromatic carbocycles. The molecule has 0 aliphatic carbocycles. The second-order valence-electron chi connectivity index (χ2n) is 6.64. The monoisotopic (exact) mass is 422 g/mol. The van der Waals surface area contributed by atoms with Crippen LogP contribution in [-0.2, 0) is 4.79 Å². The number of carboxylic acids is 1. The normalized spacial score (nSPS) is 11.0. The predicted molar refractivity (Wildman–Crippen MR) is 123 cm³/mol. The molecule has 2 aromatic rings. The molecule has 7 heteroatoms. The molecular weight excluding hydrogens is 397 g/mol. The van der Waals surface area contributed by atoms with Crippen molar-refractivity contribution in [2.45, 2.75) is 39.5 Å². The Labute approximate surface area is 182 Å². The van der Waals surface area contributed by atoms with E-state index in [2.05, 4.69) is 13.8 Å². The van der Waals surface area contributed by atoms with Crippen LogP contribution in [0, 0.1) is 11.3 Å². The van der Waals surface area contributed by atoms with Crippen LogP contribution in [0.25, 0.3) is 16.5 Å². The van der Waals surface area contributed by atoms with E-state index >= 15 is 0 Å². The number of ether oxygens (including phenoxy) is 2. The number of rotatable bonds is 12. The second kappa shape index (κ2) is 12.0. The number of nitriles is 1. The third-order valence-corrected chi connectivity index (χ3v) is 5.45. The molecule has 1 N–H and O–H groups in total. The quantitative estimate of drug-likeness (QED) is 0.223. The first kappa shape index (κ1) is 23.4. The van der Waals surface area contributed by atoms with Crippen LogP contribution in [-0.4, -0.2) is 37.7 Å². The fraction of sp³-hybridized carbons (Fsp3) is 0.348. The molecule has 1 aromatic heterocycles. The van der Waals surface area contributed by atoms with Crippen LogP contribution < -0.4 is 9.47 Å². The van der Waals surface area contributed by atoms with Gasteiger partial charge in [-0.3, -0.25) is 0 Å². The first-order chi connectivity index (χ1) is 14.5. The van der Waals surface area contributed by atoms with Crippen molar-refractivity contribution in [1.82, 2.24) is 0 Å². The van der Waals surface area contributed by atoms with Crippen LogP contribution in [0.5, 0.6) is 11.5 Å². The van der Waals surface area contributed by atoms with E-state index in [1.807, 2.05) is 18.2 Å². The molecule has 30 heavy (non-hydrogen) atoms. The summed E-state index contributed by atoms with van der Waals surface area (Å²) in [4.78, 5) is 12.6. The van der Waals surface area contributed by atoms with Gasteiger partial charge in [-0.05, 0) is 0 Å². The number of unbranched alkanes of at least 4 members (excludes halogenated alkanes) is 2. The maximum absolute atomic E-state index is 11.2. The van der Waals surface area contributed by atoms with Crippen LogP contribution in [0.3, 0.4) is 0 Å². The van der Waals surface area contributed by atoms with Crippen molar-refractivity contribution in [3.8, 4) is 28.0 Å². The predicted octanol–water partition coefficient (Wildman–Crippen LogP) is 5.08. The van der Waals surface area contributed by atoms with Crippen molar-refractivity contribution in [2.75, 3.05) is 13.2 Å². The van der Waals surface area contributed by atoms with Crippen molar-refractivity contribution in [3.63, 3.8) is 0 Å². The summed E-state index contributed by atoms with van der Waals surface area (Å²) in [5.41, 5.74) is 1.27. The van der Waals surface area contributed by atoms with Gasteiger partial charge in [0, 0.05) is 0 Å². The van der Waals surface area contributed by atoms with Crippen molar-refractivity contribution in [1.29, 1.82) is 5.26 Å². The molecule has 5 nitrogen and oxygen atoms in total. The molecule has 0 saturated carbocycles. The first-order valence-corrected chi connectivity index (χ1v) is 10.8. The van der Waals surface area contributed by atoms with Gasteiger partial charge in [0.25, 0.3) is 0 Å². The summed E-state index contributed by atoms with van der Waals surface area (Å²) < 4.78 is 11.9. The SMILES string of the molecule is [B]=Cc1cc(/C=C(\C#N)C(=O)O)sc1-c1ccc(OCCCC)cc1OCCCC. The molecule has 0 amide bonds. The number of hydrogen-bond acceptors (Lipinski definition) is 5. The van der Waals surface area contributed by atoms with Gasteiger partial charge in [0.2, 0.25) is 0 Å². The van der Waals surface area contributed by atoms with Crippen LogP contribution in [0.2, 0.25) is 0 Å². The van der Waals surface area contributed by atoms with Crippen LogP contribution in [0.1, 0.15) is 50.0 Å². The molecule has 0 atom stereocenters. The third-order valence-electron chi connectivity index (χ3n) is 4.32. The zero-order valence-corrected chi connectivity index (χ0v) is 18.1. The Kier molecular flexibility index (Phi) is 9.36. The molecule has 155 valence electrons. The van der Waals surface area contributed by atoms with E-state index in [4.69, 9.17) is 27.3 Å². The molecular formula is C23H25BNO4S. The van der Waals surface area contributed by atoms with Gasteiger partial charge in [-0.25, -0.2) is 0 Å². The van der Waals surface area contributed by atoms with Gasteiger partial charge in [0.05, 0.1) is 0 Å². The summed E-state index contributed by atoms with van der Waals surface area (Å²) in [6.07, 6.45) is 5.33. The van der Waals surface area contributed by atoms with E-state index in [-0.39, 0.29) is 5.57 Å². The zero-order valence-electron chi connectivity index (χ0n) is 17.3. The maximum atomic E-state index is 11.2. The van der Waals surface area contributed by atoms with E-state index in [1.165, 1.54) is 23.4 Å². The number of aliphatic carboxylic acids is 1. The van der Waals surface area contributed by atoms with E-state index < -0.39 is 5.97 Å². The average molecular weight is 422 g/mol. The first-order valence-electron chi connectivity index (χ1n) is 9.97. The van der Waals surface area contributed by atoms with Gasteiger partial charge in [-0.15, -0.1) is 0 Å². The summed E-state index contributed by atoms with van der Waals surface area (Å²) in [5, 5.41) is 18.1. The molecule has 0 aliphatic rings. The molecule has 0 fully saturated rings. The summed E-state index contributed by atoms with van der Waals surface area (Å²) in [6.45, 7) is 5.44. The molecule has 1 radical (unpaired) electrons. The number of thiophene rings is 1. The fourth-order valence-electron chi connectivity index (χ4n) is 2.67. The molecule has 2 rings (SSSR count). The van der Waals surface area contributed by atoms with Crippen LogP contribution in [0.4, 0.5) is 0 Å². The fourth-order valence-corrected chi connectivity index (χ4v) is 3.80. The van der Waals surface area contributed by atoms with E-state index in [1.54, 1.807) is 12.1 Å². The van der Waals surface area contributed by atoms with Crippen molar-refractivity contribution in [2.24, 2.45) is 0 Å². The third kappa shape index (κ3) is 6.33. The Bertz CT molecular complexity index is 959. The number of benzene rings is 1. The van der Waals surface area contributed by atoms with Gasteiger partial charge >= 0.3 is 183 Å². The molecule has 0 saturated heterocycles. The van der Waals surface area contributed by atoms with Gasteiger partial charge in [0.1, 0.15) is 0 Å². The van der Waals surface area contributed by atoms with Crippen molar-refractivity contribution < 1.29 is 19.4 Å². The number of nitrogens with zero attached hydrogens (tertiary/aromatic N) is 1. The average Bonchev–Trinajstić information content (AvgIpc) is 3.15. The molecule has 0 spiro atoms. The van der Waals surface area contributed by atoms with Gasteiger partial charge in [-0.1, -0.05) is 0 Å². The molecule has 0 aliphatic heterocycles. The Balaban J connectivity index is 2.46. The summed E-state index contributed by atoms with van der Waals surface area (Å²) >= 11 is 1.36. The molecule has 0 bridgehead atoms. The molecule has 1 heterocycles. The van der Waals surface area contributed by atoms with E-state index in [0.29, 0.717) is 23.8 Å².